The number of aromatic nitrogens is 2. The minimum atomic E-state index is -0.883. The van der Waals surface area contributed by atoms with Crippen LogP contribution < -0.4 is 4.90 Å². The Kier molecular flexibility index (Phi) is 7.87. The Balaban J connectivity index is 1.68. The molecule has 218 valence electrons. The van der Waals surface area contributed by atoms with Gasteiger partial charge in [-0.25, -0.2) is 9.78 Å². The second-order valence-corrected chi connectivity index (χ2v) is 13.0. The van der Waals surface area contributed by atoms with Crippen molar-refractivity contribution >= 4 is 17.4 Å². The molecule has 1 aliphatic heterocycles. The zero-order chi connectivity index (χ0) is 30.2. The molecule has 7 heteroatoms. The first-order chi connectivity index (χ1) is 19.9. The van der Waals surface area contributed by atoms with Crippen molar-refractivity contribution in [2.75, 3.05) is 25.1 Å². The first-order valence-corrected chi connectivity index (χ1v) is 14.5. The average molecular weight is 565 g/mol. The largest absolute Gasteiger partial charge is 0.467 e. The number of ether oxygens (including phenoxy) is 2. The summed E-state index contributed by atoms with van der Waals surface area (Å²) < 4.78 is 13.8. The van der Waals surface area contributed by atoms with Crippen LogP contribution in [0, 0.1) is 23.7 Å². The number of nitrogens with zero attached hydrogens (tertiary/aromatic N) is 4. The van der Waals surface area contributed by atoms with Crippen LogP contribution in [0.5, 0.6) is 0 Å². The van der Waals surface area contributed by atoms with Gasteiger partial charge in [-0.1, -0.05) is 44.2 Å². The van der Waals surface area contributed by atoms with Crippen LogP contribution in [0.2, 0.25) is 0 Å². The minimum Gasteiger partial charge on any atom is -0.467 e. The highest BCUT2D eigenvalue weighted by Gasteiger charge is 2.36. The molecule has 1 fully saturated rings. The number of piperidine rings is 1. The van der Waals surface area contributed by atoms with Crippen LogP contribution in [-0.2, 0) is 14.3 Å². The van der Waals surface area contributed by atoms with Gasteiger partial charge in [0, 0.05) is 30.4 Å². The summed E-state index contributed by atoms with van der Waals surface area (Å²) in [6.45, 7) is 14.2. The first-order valence-electron chi connectivity index (χ1n) is 14.5. The summed E-state index contributed by atoms with van der Waals surface area (Å²) in [5.41, 5.74) is 6.67. The maximum Gasteiger partial charge on any atom is 0.339 e. The van der Waals surface area contributed by atoms with Gasteiger partial charge in [0.15, 0.2) is 6.10 Å². The number of hydrogen-bond acceptors (Lipinski definition) is 6. The first kappa shape index (κ1) is 29.3. The van der Waals surface area contributed by atoms with Gasteiger partial charge in [0.1, 0.15) is 11.5 Å². The van der Waals surface area contributed by atoms with Crippen molar-refractivity contribution in [3.05, 3.63) is 77.5 Å². The highest BCUT2D eigenvalue weighted by Crippen LogP contribution is 2.40. The number of carbonyl (C=O) groups is 1. The molecule has 2 aromatic carbocycles. The van der Waals surface area contributed by atoms with E-state index >= 15 is 0 Å². The molecule has 0 aliphatic carbocycles. The van der Waals surface area contributed by atoms with Crippen LogP contribution in [0.3, 0.4) is 0 Å². The Bertz CT molecular complexity index is 1660. The van der Waals surface area contributed by atoms with Crippen molar-refractivity contribution in [3.63, 3.8) is 0 Å². The lowest BCUT2D eigenvalue weighted by Gasteiger charge is -2.40. The van der Waals surface area contributed by atoms with Gasteiger partial charge in [-0.15, -0.1) is 0 Å². The summed E-state index contributed by atoms with van der Waals surface area (Å²) in [7, 11) is 1.41. The van der Waals surface area contributed by atoms with Crippen LogP contribution in [0.1, 0.15) is 70.3 Å². The van der Waals surface area contributed by atoms with E-state index in [9.17, 15) is 10.1 Å². The number of benzene rings is 2. The molecule has 7 nitrogen and oxygen atoms in total. The topological polar surface area (TPSA) is 79.9 Å². The van der Waals surface area contributed by atoms with Crippen LogP contribution in [-0.4, -0.2) is 41.2 Å². The van der Waals surface area contributed by atoms with Crippen molar-refractivity contribution in [1.82, 2.24) is 9.38 Å². The van der Waals surface area contributed by atoms with E-state index < -0.39 is 17.7 Å². The number of nitriles is 1. The van der Waals surface area contributed by atoms with Crippen LogP contribution in [0.15, 0.2) is 60.8 Å². The fourth-order valence-corrected chi connectivity index (χ4v) is 5.67. The average Bonchev–Trinajstić information content (AvgIpc) is 3.38. The lowest BCUT2D eigenvalue weighted by molar-refractivity contribution is -0.164. The Morgan fingerprint density at radius 1 is 1.02 bits per heavy atom. The highest BCUT2D eigenvalue weighted by atomic mass is 16.6. The van der Waals surface area contributed by atoms with Gasteiger partial charge in [-0.3, -0.25) is 4.40 Å². The second kappa shape index (κ2) is 11.3. The molecule has 1 unspecified atom stereocenters. The molecule has 0 radical (unpaired) electrons. The van der Waals surface area contributed by atoms with Crippen molar-refractivity contribution in [1.29, 1.82) is 5.26 Å². The SMILES string of the molecule is COC(=O)C(OC(C)(C)C)c1c(C)cc2nc(-c3cccc(-c4cccc(C#N)c4)c3)cn2c1N1CCC(C)(C)CC1. The van der Waals surface area contributed by atoms with E-state index in [1.165, 1.54) is 7.11 Å². The number of imidazole rings is 1. The van der Waals surface area contributed by atoms with Crippen molar-refractivity contribution in [2.45, 2.75) is 66.1 Å². The zero-order valence-electron chi connectivity index (χ0n) is 25.7. The molecule has 4 aromatic rings. The Morgan fingerprint density at radius 3 is 2.31 bits per heavy atom. The molecule has 3 heterocycles. The lowest BCUT2D eigenvalue weighted by Crippen LogP contribution is -2.40. The molecule has 1 saturated heterocycles. The summed E-state index contributed by atoms with van der Waals surface area (Å²) in [6.07, 6.45) is 3.25. The predicted molar refractivity (Wildman–Crippen MR) is 166 cm³/mol. The summed E-state index contributed by atoms with van der Waals surface area (Å²) >= 11 is 0. The van der Waals surface area contributed by atoms with E-state index in [2.05, 4.69) is 47.5 Å². The molecule has 1 aliphatic rings. The van der Waals surface area contributed by atoms with E-state index in [1.54, 1.807) is 0 Å². The quantitative estimate of drug-likeness (QED) is 0.226. The normalized spacial score (nSPS) is 15.8. The van der Waals surface area contributed by atoms with Gasteiger partial charge in [-0.05, 0) is 86.9 Å². The number of aryl methyl sites for hydroxylation is 1. The van der Waals surface area contributed by atoms with Gasteiger partial charge >= 0.3 is 5.97 Å². The van der Waals surface area contributed by atoms with E-state index in [0.717, 1.165) is 70.9 Å². The standard InChI is InChI=1S/C35H40N4O3/c1-23-18-29-37-28(27-13-9-12-26(20-27)25-11-8-10-24(19-25)21-36)22-39(29)32(38-16-14-35(5,6)15-17-38)30(23)31(33(40)41-7)42-34(2,3)4/h8-13,18-20,22,31H,14-17H2,1-7H3. The summed E-state index contributed by atoms with van der Waals surface area (Å²) in [6, 6.07) is 20.1. The Morgan fingerprint density at radius 2 is 1.67 bits per heavy atom. The number of esters is 1. The smallest absolute Gasteiger partial charge is 0.339 e. The van der Waals surface area contributed by atoms with E-state index in [0.29, 0.717) is 5.56 Å². The number of fused-ring (bicyclic) bond motifs is 1. The number of anilines is 1. The van der Waals surface area contributed by atoms with Gasteiger partial charge < -0.3 is 14.4 Å². The third-order valence-corrected chi connectivity index (χ3v) is 8.02. The van der Waals surface area contributed by atoms with Gasteiger partial charge in [0.05, 0.1) is 30.0 Å². The summed E-state index contributed by atoms with van der Waals surface area (Å²) in [4.78, 5) is 20.7. The molecule has 0 N–H and O–H groups in total. The molecule has 0 bridgehead atoms. The number of methoxy groups -OCH3 is 1. The highest BCUT2D eigenvalue weighted by molar-refractivity contribution is 5.81. The van der Waals surface area contributed by atoms with Crippen LogP contribution in [0.4, 0.5) is 5.82 Å². The molecule has 2 aromatic heterocycles. The van der Waals surface area contributed by atoms with E-state index in [-0.39, 0.29) is 5.41 Å². The molecule has 5 rings (SSSR count). The number of hydrogen-bond donors (Lipinski definition) is 0. The van der Waals surface area contributed by atoms with Crippen molar-refractivity contribution in [2.24, 2.45) is 5.41 Å². The minimum absolute atomic E-state index is 0.257. The van der Waals surface area contributed by atoms with E-state index in [4.69, 9.17) is 14.5 Å². The third kappa shape index (κ3) is 6.05. The van der Waals surface area contributed by atoms with Crippen molar-refractivity contribution in [3.8, 4) is 28.5 Å². The fourth-order valence-electron chi connectivity index (χ4n) is 5.67. The maximum atomic E-state index is 13.3. The molecule has 0 amide bonds. The van der Waals surface area contributed by atoms with Gasteiger partial charge in [0.2, 0.25) is 0 Å². The van der Waals surface area contributed by atoms with E-state index in [1.807, 2.05) is 70.2 Å². The second-order valence-electron chi connectivity index (χ2n) is 13.0. The monoisotopic (exact) mass is 564 g/mol. The van der Waals surface area contributed by atoms with Crippen molar-refractivity contribution < 1.29 is 14.3 Å². The maximum absolute atomic E-state index is 13.3. The van der Waals surface area contributed by atoms with Gasteiger partial charge in [-0.2, -0.15) is 5.26 Å². The molecule has 42 heavy (non-hydrogen) atoms. The number of pyridine rings is 1. The molecule has 0 spiro atoms. The Hall–Kier alpha value is -4.15. The number of carbonyl (C=O) groups excluding carboxylic acids is 1. The Labute approximate surface area is 248 Å². The lowest BCUT2D eigenvalue weighted by atomic mass is 9.82. The zero-order valence-corrected chi connectivity index (χ0v) is 25.7. The van der Waals surface area contributed by atoms with Crippen LogP contribution >= 0.6 is 0 Å². The molecular weight excluding hydrogens is 524 g/mol. The third-order valence-electron chi connectivity index (χ3n) is 8.02. The summed E-state index contributed by atoms with van der Waals surface area (Å²) in [5.74, 6) is 0.510. The van der Waals surface area contributed by atoms with Gasteiger partial charge in [0.25, 0.3) is 0 Å². The predicted octanol–water partition coefficient (Wildman–Crippen LogP) is 7.50. The molecular formula is C35H40N4O3. The molecule has 1 atom stereocenters. The fraction of sp³-hybridized carbons (Fsp3) is 0.400. The summed E-state index contributed by atoms with van der Waals surface area (Å²) in [5, 5.41) is 9.38. The van der Waals surface area contributed by atoms with Crippen LogP contribution in [0.25, 0.3) is 28.0 Å². The molecule has 0 saturated carbocycles. The number of rotatable bonds is 6.